The summed E-state index contributed by atoms with van der Waals surface area (Å²) in [7, 11) is 0. The monoisotopic (exact) mass is 402 g/mol. The lowest BCUT2D eigenvalue weighted by atomic mass is 10.1. The summed E-state index contributed by atoms with van der Waals surface area (Å²) in [4.78, 5) is 37.0. The topological polar surface area (TPSA) is 89.3 Å². The summed E-state index contributed by atoms with van der Waals surface area (Å²) < 4.78 is 13.1. The molecule has 2 aromatic carbocycles. The van der Waals surface area contributed by atoms with E-state index in [2.05, 4.69) is 5.32 Å². The van der Waals surface area contributed by atoms with Crippen LogP contribution in [0.4, 0.5) is 9.39 Å². The van der Waals surface area contributed by atoms with Crippen LogP contribution in [0.1, 0.15) is 20.7 Å². The van der Waals surface area contributed by atoms with Gasteiger partial charge in [0.15, 0.2) is 0 Å². The van der Waals surface area contributed by atoms with E-state index in [1.807, 2.05) is 30.3 Å². The molecule has 0 unspecified atom stereocenters. The van der Waals surface area contributed by atoms with E-state index in [-0.39, 0.29) is 21.2 Å². The minimum Gasteiger partial charge on any atom is -0.366 e. The van der Waals surface area contributed by atoms with Gasteiger partial charge in [-0.3, -0.25) is 14.4 Å². The van der Waals surface area contributed by atoms with Crippen molar-refractivity contribution in [3.63, 3.8) is 0 Å². The molecule has 3 N–H and O–H groups in total. The van der Waals surface area contributed by atoms with E-state index in [0.29, 0.717) is 4.88 Å². The van der Waals surface area contributed by atoms with Gasteiger partial charge in [0, 0.05) is 10.4 Å². The zero-order valence-corrected chi connectivity index (χ0v) is 15.2. The number of nitrogens with two attached hydrogens (primary N) is 1. The van der Waals surface area contributed by atoms with Crippen LogP contribution in [0.15, 0.2) is 54.6 Å². The highest BCUT2D eigenvalue weighted by Gasteiger charge is 2.23. The van der Waals surface area contributed by atoms with Crippen LogP contribution in [0.5, 0.6) is 0 Å². The van der Waals surface area contributed by atoms with Gasteiger partial charge in [0.1, 0.15) is 10.8 Å². The number of rotatable bonds is 5. The summed E-state index contributed by atoms with van der Waals surface area (Å²) in [6, 6.07) is 13.8. The maximum absolute atomic E-state index is 13.1. The van der Waals surface area contributed by atoms with Gasteiger partial charge < -0.3 is 11.1 Å². The summed E-state index contributed by atoms with van der Waals surface area (Å²) in [5.41, 5.74) is 6.16. The minimum absolute atomic E-state index is 0.0882. The molecule has 1 aromatic heterocycles. The third kappa shape index (κ3) is 4.05. The van der Waals surface area contributed by atoms with Crippen molar-refractivity contribution in [1.29, 1.82) is 0 Å². The molecule has 0 atom stereocenters. The zero-order chi connectivity index (χ0) is 19.6. The SMILES string of the molecule is NC(=O)c1cc(-c2ccccc2)sc1NC(=O)C(=O)c1ccc(F)cc1Cl. The number of amides is 2. The van der Waals surface area contributed by atoms with E-state index < -0.39 is 23.4 Å². The highest BCUT2D eigenvalue weighted by Crippen LogP contribution is 2.35. The van der Waals surface area contributed by atoms with E-state index in [1.54, 1.807) is 6.07 Å². The molecule has 3 aromatic rings. The number of halogens is 2. The maximum atomic E-state index is 13.1. The number of benzene rings is 2. The van der Waals surface area contributed by atoms with Crippen molar-refractivity contribution in [1.82, 2.24) is 0 Å². The Bertz CT molecular complexity index is 1050. The summed E-state index contributed by atoms with van der Waals surface area (Å²) in [6.45, 7) is 0. The van der Waals surface area contributed by atoms with Crippen LogP contribution in [0.2, 0.25) is 5.02 Å². The molecule has 0 saturated heterocycles. The molecular weight excluding hydrogens is 391 g/mol. The Labute approximate surface area is 162 Å². The van der Waals surface area contributed by atoms with Crippen molar-refractivity contribution in [3.05, 3.63) is 76.6 Å². The second-order valence-electron chi connectivity index (χ2n) is 5.49. The Morgan fingerprint density at radius 1 is 1.00 bits per heavy atom. The number of ketones is 1. The zero-order valence-electron chi connectivity index (χ0n) is 13.7. The molecule has 27 heavy (non-hydrogen) atoms. The van der Waals surface area contributed by atoms with Crippen LogP contribution in [0.3, 0.4) is 0 Å². The standard InChI is InChI=1S/C19H12ClFN2O3S/c20-14-8-11(21)6-7-12(14)16(24)18(26)23-19-13(17(22)25)9-15(27-19)10-4-2-1-3-5-10/h1-9H,(H2,22,25)(H,23,26). The van der Waals surface area contributed by atoms with Crippen LogP contribution < -0.4 is 11.1 Å². The van der Waals surface area contributed by atoms with Crippen molar-refractivity contribution in [2.75, 3.05) is 5.32 Å². The lowest BCUT2D eigenvalue weighted by Crippen LogP contribution is -2.24. The van der Waals surface area contributed by atoms with Crippen LogP contribution in [0, 0.1) is 5.82 Å². The Balaban J connectivity index is 1.90. The number of carbonyl (C=O) groups excluding carboxylic acids is 3. The van der Waals surface area contributed by atoms with Gasteiger partial charge in [-0.25, -0.2) is 4.39 Å². The Kier molecular flexibility index (Phi) is 5.34. The molecule has 5 nitrogen and oxygen atoms in total. The molecule has 8 heteroatoms. The molecule has 0 radical (unpaired) electrons. The number of hydrogen-bond acceptors (Lipinski definition) is 4. The van der Waals surface area contributed by atoms with Crippen molar-refractivity contribution in [2.45, 2.75) is 0 Å². The molecule has 0 aliphatic rings. The Hall–Kier alpha value is -3.03. The third-order valence-corrected chi connectivity index (χ3v) is 5.08. The number of carbonyl (C=O) groups is 3. The predicted molar refractivity (Wildman–Crippen MR) is 103 cm³/mol. The molecule has 0 spiro atoms. The van der Waals surface area contributed by atoms with Crippen LogP contribution in [0.25, 0.3) is 10.4 Å². The van der Waals surface area contributed by atoms with E-state index >= 15 is 0 Å². The van der Waals surface area contributed by atoms with Gasteiger partial charge in [-0.1, -0.05) is 41.9 Å². The lowest BCUT2D eigenvalue weighted by Gasteiger charge is -2.05. The summed E-state index contributed by atoms with van der Waals surface area (Å²) in [5.74, 6) is -3.33. The van der Waals surface area contributed by atoms with Crippen molar-refractivity contribution < 1.29 is 18.8 Å². The quantitative estimate of drug-likeness (QED) is 0.496. The average molecular weight is 403 g/mol. The maximum Gasteiger partial charge on any atom is 0.297 e. The van der Waals surface area contributed by atoms with Crippen LogP contribution in [-0.4, -0.2) is 17.6 Å². The first-order valence-corrected chi connectivity index (χ1v) is 8.86. The molecule has 2 amide bonds. The van der Waals surface area contributed by atoms with Gasteiger partial charge in [-0.15, -0.1) is 11.3 Å². The average Bonchev–Trinajstić information content (AvgIpc) is 3.06. The highest BCUT2D eigenvalue weighted by molar-refractivity contribution is 7.20. The first-order valence-electron chi connectivity index (χ1n) is 7.66. The number of anilines is 1. The van der Waals surface area contributed by atoms with Gasteiger partial charge in [-0.05, 0) is 29.8 Å². The van der Waals surface area contributed by atoms with Crippen molar-refractivity contribution >= 4 is 45.5 Å². The van der Waals surface area contributed by atoms with Gasteiger partial charge in [0.05, 0.1) is 10.6 Å². The number of hydrogen-bond donors (Lipinski definition) is 2. The number of primary amides is 1. The molecule has 3 rings (SSSR count). The summed E-state index contributed by atoms with van der Waals surface area (Å²) in [6.07, 6.45) is 0. The largest absolute Gasteiger partial charge is 0.366 e. The van der Waals surface area contributed by atoms with Gasteiger partial charge in [0.2, 0.25) is 0 Å². The first kappa shape index (κ1) is 18.8. The van der Waals surface area contributed by atoms with Gasteiger partial charge in [-0.2, -0.15) is 0 Å². The fourth-order valence-corrected chi connectivity index (χ4v) is 3.68. The molecule has 1 heterocycles. The fourth-order valence-electron chi connectivity index (χ4n) is 2.37. The number of nitrogens with one attached hydrogen (secondary N) is 1. The lowest BCUT2D eigenvalue weighted by molar-refractivity contribution is -0.112. The van der Waals surface area contributed by atoms with Gasteiger partial charge >= 0.3 is 0 Å². The van der Waals surface area contributed by atoms with Crippen LogP contribution >= 0.6 is 22.9 Å². The van der Waals surface area contributed by atoms with Crippen molar-refractivity contribution in [3.8, 4) is 10.4 Å². The second-order valence-corrected chi connectivity index (χ2v) is 6.95. The molecule has 0 bridgehead atoms. The normalized spacial score (nSPS) is 10.4. The summed E-state index contributed by atoms with van der Waals surface area (Å²) >= 11 is 6.94. The molecule has 0 fully saturated rings. The molecule has 136 valence electrons. The summed E-state index contributed by atoms with van der Waals surface area (Å²) in [5, 5.41) is 2.37. The van der Waals surface area contributed by atoms with E-state index in [4.69, 9.17) is 17.3 Å². The van der Waals surface area contributed by atoms with Gasteiger partial charge in [0.25, 0.3) is 17.6 Å². The van der Waals surface area contributed by atoms with E-state index in [9.17, 15) is 18.8 Å². The molecule has 0 saturated carbocycles. The number of thiophene rings is 1. The van der Waals surface area contributed by atoms with E-state index in [1.165, 1.54) is 0 Å². The molecular formula is C19H12ClFN2O3S. The second kappa shape index (κ2) is 7.69. The smallest absolute Gasteiger partial charge is 0.297 e. The Morgan fingerprint density at radius 3 is 2.33 bits per heavy atom. The Morgan fingerprint density at radius 2 is 1.70 bits per heavy atom. The first-order chi connectivity index (χ1) is 12.9. The number of Topliss-reactive ketones (excluding diaryl/α,β-unsaturated/α-hetero) is 1. The van der Waals surface area contributed by atoms with E-state index in [0.717, 1.165) is 35.1 Å². The molecule has 0 aliphatic heterocycles. The van der Waals surface area contributed by atoms with Crippen LogP contribution in [-0.2, 0) is 4.79 Å². The molecule has 0 aliphatic carbocycles. The third-order valence-electron chi connectivity index (χ3n) is 3.66. The van der Waals surface area contributed by atoms with Crippen molar-refractivity contribution in [2.24, 2.45) is 5.73 Å². The fraction of sp³-hybridized carbons (Fsp3) is 0. The minimum atomic E-state index is -1.01. The highest BCUT2D eigenvalue weighted by atomic mass is 35.5. The predicted octanol–water partition coefficient (Wildman–Crippen LogP) is 4.13.